The van der Waals surface area contributed by atoms with E-state index in [1.807, 2.05) is 19.9 Å². The highest BCUT2D eigenvalue weighted by atomic mass is 16.7. The molecule has 1 saturated heterocycles. The zero-order chi connectivity index (χ0) is 18.3. The van der Waals surface area contributed by atoms with Crippen molar-refractivity contribution in [1.29, 1.82) is 0 Å². The van der Waals surface area contributed by atoms with Gasteiger partial charge in [-0.2, -0.15) is 0 Å². The van der Waals surface area contributed by atoms with Crippen molar-refractivity contribution < 1.29 is 34.6 Å². The Labute approximate surface area is 145 Å². The van der Waals surface area contributed by atoms with Gasteiger partial charge in [-0.1, -0.05) is 6.58 Å². The van der Waals surface area contributed by atoms with Gasteiger partial charge in [0.2, 0.25) is 6.29 Å². The first-order valence-corrected chi connectivity index (χ1v) is 7.99. The number of hydrogen-bond donors (Lipinski definition) is 4. The summed E-state index contributed by atoms with van der Waals surface area (Å²) < 4.78 is 16.6. The molecule has 2 heterocycles. The van der Waals surface area contributed by atoms with Gasteiger partial charge in [-0.3, -0.25) is 0 Å². The van der Waals surface area contributed by atoms with E-state index >= 15 is 0 Å². The maximum atomic E-state index is 10.0. The van der Waals surface area contributed by atoms with Gasteiger partial charge in [0.1, 0.15) is 41.7 Å². The Morgan fingerprint density at radius 1 is 1.08 bits per heavy atom. The number of benzene rings is 1. The molecule has 2 aliphatic rings. The van der Waals surface area contributed by atoms with Crippen molar-refractivity contribution in [2.45, 2.75) is 44.6 Å². The van der Waals surface area contributed by atoms with Crippen molar-refractivity contribution in [2.24, 2.45) is 0 Å². The molecule has 0 aromatic heterocycles. The molecule has 1 aromatic rings. The molecule has 0 bridgehead atoms. The van der Waals surface area contributed by atoms with Crippen LogP contribution in [0.15, 0.2) is 36.1 Å². The van der Waals surface area contributed by atoms with E-state index in [2.05, 4.69) is 6.58 Å². The number of aliphatic hydroxyl groups is 4. The average Bonchev–Trinajstić information content (AvgIpc) is 2.60. The second-order valence-corrected chi connectivity index (χ2v) is 6.25. The van der Waals surface area contributed by atoms with Gasteiger partial charge in [0.05, 0.1) is 6.61 Å². The van der Waals surface area contributed by atoms with Gasteiger partial charge in [0.25, 0.3) is 0 Å². The summed E-state index contributed by atoms with van der Waals surface area (Å²) in [5.74, 6) is 1.47. The lowest BCUT2D eigenvalue weighted by atomic mass is 9.97. The fourth-order valence-corrected chi connectivity index (χ4v) is 2.89. The van der Waals surface area contributed by atoms with Crippen molar-refractivity contribution in [3.63, 3.8) is 0 Å². The summed E-state index contributed by atoms with van der Waals surface area (Å²) in [5, 5.41) is 38.9. The minimum absolute atomic E-state index is 0.350. The van der Waals surface area contributed by atoms with Crippen LogP contribution < -0.4 is 9.47 Å². The van der Waals surface area contributed by atoms with Gasteiger partial charge in [-0.15, -0.1) is 0 Å². The van der Waals surface area contributed by atoms with Crippen LogP contribution in [0.3, 0.4) is 0 Å². The molecule has 2 aliphatic heterocycles. The second kappa shape index (κ2) is 6.78. The predicted molar refractivity (Wildman–Crippen MR) is 88.9 cm³/mol. The lowest BCUT2D eigenvalue weighted by Crippen LogP contribution is -2.60. The Kier molecular flexibility index (Phi) is 4.86. The third-order valence-electron chi connectivity index (χ3n) is 4.67. The molecule has 5 unspecified atom stereocenters. The van der Waals surface area contributed by atoms with Crippen LogP contribution in [-0.4, -0.2) is 57.7 Å². The molecule has 136 valence electrons. The van der Waals surface area contributed by atoms with Gasteiger partial charge in [-0.25, -0.2) is 0 Å². The molecule has 5 atom stereocenters. The molecule has 7 heteroatoms. The number of hydrogen-bond acceptors (Lipinski definition) is 7. The Hall–Kier alpha value is -1.90. The highest BCUT2D eigenvalue weighted by Crippen LogP contribution is 2.39. The van der Waals surface area contributed by atoms with Crippen LogP contribution in [0.25, 0.3) is 5.57 Å². The maximum absolute atomic E-state index is 10.0. The van der Waals surface area contributed by atoms with Crippen molar-refractivity contribution >= 4 is 5.57 Å². The lowest BCUT2D eigenvalue weighted by molar-refractivity contribution is -0.277. The average molecular weight is 350 g/mol. The third-order valence-corrected chi connectivity index (χ3v) is 4.67. The summed E-state index contributed by atoms with van der Waals surface area (Å²) in [6, 6.07) is 5.15. The molecule has 0 aliphatic carbocycles. The molecule has 0 spiro atoms. The van der Waals surface area contributed by atoms with E-state index in [9.17, 15) is 20.4 Å². The summed E-state index contributed by atoms with van der Waals surface area (Å²) in [4.78, 5) is 0. The van der Waals surface area contributed by atoms with Gasteiger partial charge >= 0.3 is 0 Å². The van der Waals surface area contributed by atoms with Crippen LogP contribution in [0, 0.1) is 0 Å². The fourth-order valence-electron chi connectivity index (χ4n) is 2.89. The number of rotatable bonds is 3. The molecular weight excluding hydrogens is 328 g/mol. The minimum atomic E-state index is -1.49. The largest absolute Gasteiger partial charge is 0.462 e. The summed E-state index contributed by atoms with van der Waals surface area (Å²) in [5.41, 5.74) is 2.92. The Balaban J connectivity index is 1.82. The van der Waals surface area contributed by atoms with E-state index in [1.54, 1.807) is 12.1 Å². The molecular formula is C18H22O7. The molecule has 3 rings (SSSR count). The fraction of sp³-hybridized carbons (Fsp3) is 0.444. The first-order chi connectivity index (χ1) is 11.8. The van der Waals surface area contributed by atoms with Crippen LogP contribution in [0.2, 0.25) is 0 Å². The number of allylic oxidation sites excluding steroid dienone is 2. The van der Waals surface area contributed by atoms with Crippen molar-refractivity contribution in [2.75, 3.05) is 6.61 Å². The van der Waals surface area contributed by atoms with Gasteiger partial charge in [0.15, 0.2) is 0 Å². The molecule has 0 saturated carbocycles. The molecule has 1 fully saturated rings. The standard InChI is InChI=1S/C18H22O7/c1-8-9(2)12-5-4-11(6-13(12)23-10(8)3)24-18-17(22)16(21)15(20)14(7-19)25-18/h4-6,14-22H,3,7H2,1-2H3. The monoisotopic (exact) mass is 350 g/mol. The zero-order valence-electron chi connectivity index (χ0n) is 14.0. The van der Waals surface area contributed by atoms with Crippen LogP contribution in [-0.2, 0) is 4.74 Å². The van der Waals surface area contributed by atoms with E-state index in [-0.39, 0.29) is 0 Å². The smallest absolute Gasteiger partial charge is 0.229 e. The SMILES string of the molecule is C=C1Oc2cc(OC3OC(CO)C(O)C(O)C3O)ccc2C(C)=C1C. The highest BCUT2D eigenvalue weighted by molar-refractivity contribution is 5.77. The van der Waals surface area contributed by atoms with Crippen LogP contribution >= 0.6 is 0 Å². The van der Waals surface area contributed by atoms with E-state index in [1.165, 1.54) is 0 Å². The normalized spacial score (nSPS) is 32.2. The van der Waals surface area contributed by atoms with Gasteiger partial charge in [-0.05, 0) is 37.1 Å². The Bertz CT molecular complexity index is 709. The Morgan fingerprint density at radius 2 is 1.80 bits per heavy atom. The Morgan fingerprint density at radius 3 is 2.48 bits per heavy atom. The number of aliphatic hydroxyl groups excluding tert-OH is 4. The molecule has 7 nitrogen and oxygen atoms in total. The van der Waals surface area contributed by atoms with Crippen LogP contribution in [0.1, 0.15) is 19.4 Å². The predicted octanol–water partition coefficient (Wildman–Crippen LogP) is 0.565. The molecule has 0 amide bonds. The van der Waals surface area contributed by atoms with Crippen LogP contribution in [0.5, 0.6) is 11.5 Å². The zero-order valence-corrected chi connectivity index (χ0v) is 14.0. The third kappa shape index (κ3) is 3.17. The summed E-state index contributed by atoms with van der Waals surface area (Å²) in [6.45, 7) is 7.26. The van der Waals surface area contributed by atoms with Gasteiger partial charge < -0.3 is 34.6 Å². The van der Waals surface area contributed by atoms with Crippen LogP contribution in [0.4, 0.5) is 0 Å². The molecule has 25 heavy (non-hydrogen) atoms. The van der Waals surface area contributed by atoms with E-state index in [0.29, 0.717) is 17.3 Å². The number of ether oxygens (including phenoxy) is 3. The van der Waals surface area contributed by atoms with E-state index in [0.717, 1.165) is 16.7 Å². The van der Waals surface area contributed by atoms with Crippen molar-refractivity contribution in [3.8, 4) is 11.5 Å². The lowest BCUT2D eigenvalue weighted by Gasteiger charge is -2.39. The number of fused-ring (bicyclic) bond motifs is 1. The molecule has 4 N–H and O–H groups in total. The topological polar surface area (TPSA) is 109 Å². The van der Waals surface area contributed by atoms with E-state index in [4.69, 9.17) is 14.2 Å². The second-order valence-electron chi connectivity index (χ2n) is 6.25. The first kappa shape index (κ1) is 17.9. The summed E-state index contributed by atoms with van der Waals surface area (Å²) >= 11 is 0. The van der Waals surface area contributed by atoms with E-state index < -0.39 is 37.3 Å². The maximum Gasteiger partial charge on any atom is 0.229 e. The van der Waals surface area contributed by atoms with Gasteiger partial charge in [0, 0.05) is 11.6 Å². The molecule has 1 aromatic carbocycles. The summed E-state index contributed by atoms with van der Waals surface area (Å²) in [7, 11) is 0. The first-order valence-electron chi connectivity index (χ1n) is 7.99. The highest BCUT2D eigenvalue weighted by Gasteiger charge is 2.44. The van der Waals surface area contributed by atoms with Crippen molar-refractivity contribution in [1.82, 2.24) is 0 Å². The van der Waals surface area contributed by atoms with Crippen molar-refractivity contribution in [3.05, 3.63) is 41.7 Å². The minimum Gasteiger partial charge on any atom is -0.462 e. The quantitative estimate of drug-likeness (QED) is 0.631. The molecule has 0 radical (unpaired) electrons. The summed E-state index contributed by atoms with van der Waals surface area (Å²) in [6.07, 6.45) is -6.64.